The number of hydrogen-bond donors (Lipinski definition) is 2. The van der Waals surface area contributed by atoms with Crippen LogP contribution in [0, 0.1) is 11.3 Å². The van der Waals surface area contributed by atoms with Gasteiger partial charge in [-0.25, -0.2) is 0 Å². The Hall–Kier alpha value is -1.31. The molecule has 1 saturated heterocycles. The zero-order chi connectivity index (χ0) is 15.7. The van der Waals surface area contributed by atoms with Gasteiger partial charge in [0.05, 0.1) is 6.04 Å². The summed E-state index contributed by atoms with van der Waals surface area (Å²) in [5, 5.41) is 8.90. The van der Waals surface area contributed by atoms with Crippen LogP contribution in [-0.4, -0.2) is 47.2 Å². The van der Waals surface area contributed by atoms with Crippen LogP contribution in [-0.2, 0) is 9.59 Å². The first-order chi connectivity index (χ1) is 9.06. The molecule has 3 atom stereocenters. The van der Waals surface area contributed by atoms with Crippen molar-refractivity contribution in [3.8, 4) is 0 Å². The molecule has 3 N–H and O–H groups in total. The van der Waals surface area contributed by atoms with Crippen molar-refractivity contribution in [2.75, 3.05) is 13.1 Å². The molecule has 0 aliphatic carbocycles. The molecule has 0 saturated carbocycles. The number of carboxylic acids is 1. The van der Waals surface area contributed by atoms with Gasteiger partial charge in [0.1, 0.15) is 0 Å². The summed E-state index contributed by atoms with van der Waals surface area (Å²) in [6.45, 7) is 2.44. The monoisotopic (exact) mass is 296 g/mol. The van der Waals surface area contributed by atoms with E-state index >= 15 is 0 Å². The van der Waals surface area contributed by atoms with E-state index in [1.165, 1.54) is 0 Å². The Kier molecular flexibility index (Phi) is 4.68. The summed E-state index contributed by atoms with van der Waals surface area (Å²) in [5.41, 5.74) is 2.83. The molecule has 116 valence electrons. The number of carboxylic acid groups (broad SMARTS) is 1. The fraction of sp³-hybridized carbons (Fsp3) is 0.833. The number of halogens is 3. The Labute approximate surface area is 114 Å². The lowest BCUT2D eigenvalue weighted by molar-refractivity contribution is -0.227. The fourth-order valence-electron chi connectivity index (χ4n) is 2.23. The maximum atomic E-state index is 13.0. The minimum Gasteiger partial charge on any atom is -0.481 e. The average Bonchev–Trinajstić information content (AvgIpc) is 2.81. The molecule has 0 aromatic heterocycles. The van der Waals surface area contributed by atoms with Crippen molar-refractivity contribution in [3.63, 3.8) is 0 Å². The number of alkyl halides is 3. The normalized spacial score (nSPS) is 26.4. The van der Waals surface area contributed by atoms with Crippen molar-refractivity contribution in [3.05, 3.63) is 0 Å². The van der Waals surface area contributed by atoms with Gasteiger partial charge in [0.2, 0.25) is 5.91 Å². The summed E-state index contributed by atoms with van der Waals surface area (Å²) in [7, 11) is 0. The molecular formula is C12H19F3N2O3. The number of nitrogens with two attached hydrogens (primary N) is 1. The average molecular weight is 296 g/mol. The van der Waals surface area contributed by atoms with Gasteiger partial charge in [-0.2, -0.15) is 13.2 Å². The SMILES string of the molecule is CC[C@H](C)[C@H](N)C(=O)N1CCC(C(=O)O)(C(F)(F)F)C1. The minimum absolute atomic E-state index is 0.173. The predicted molar refractivity (Wildman–Crippen MR) is 64.8 cm³/mol. The molecule has 5 nitrogen and oxygen atoms in total. The molecular weight excluding hydrogens is 277 g/mol. The highest BCUT2D eigenvalue weighted by molar-refractivity contribution is 5.84. The van der Waals surface area contributed by atoms with Crippen LogP contribution in [0.4, 0.5) is 13.2 Å². The van der Waals surface area contributed by atoms with Crippen molar-refractivity contribution >= 4 is 11.9 Å². The lowest BCUT2D eigenvalue weighted by Crippen LogP contribution is -2.51. The standard InChI is InChI=1S/C12H19F3N2O3/c1-3-7(2)8(16)9(18)17-5-4-11(6-17,10(19)20)12(13,14)15/h7-8H,3-6,16H2,1-2H3,(H,19,20)/t7-,8-,11?/m0/s1. The summed E-state index contributed by atoms with van der Waals surface area (Å²) in [6, 6.07) is -0.905. The molecule has 1 unspecified atom stereocenters. The van der Waals surface area contributed by atoms with Crippen LogP contribution < -0.4 is 5.73 Å². The van der Waals surface area contributed by atoms with Gasteiger partial charge < -0.3 is 15.7 Å². The van der Waals surface area contributed by atoms with E-state index in [0.29, 0.717) is 6.42 Å². The van der Waals surface area contributed by atoms with E-state index in [-0.39, 0.29) is 12.5 Å². The van der Waals surface area contributed by atoms with Crippen LogP contribution in [0.25, 0.3) is 0 Å². The van der Waals surface area contributed by atoms with Crippen molar-refractivity contribution in [2.45, 2.75) is 38.9 Å². The number of nitrogens with zero attached hydrogens (tertiary/aromatic N) is 1. The van der Waals surface area contributed by atoms with E-state index in [1.54, 1.807) is 6.92 Å². The van der Waals surface area contributed by atoms with Gasteiger partial charge in [0.15, 0.2) is 5.41 Å². The Morgan fingerprint density at radius 1 is 1.45 bits per heavy atom. The van der Waals surface area contributed by atoms with Crippen LogP contribution in [0.5, 0.6) is 0 Å². The van der Waals surface area contributed by atoms with E-state index in [1.807, 2.05) is 6.92 Å². The van der Waals surface area contributed by atoms with Gasteiger partial charge in [-0.1, -0.05) is 20.3 Å². The third-order valence-electron chi connectivity index (χ3n) is 4.08. The fourth-order valence-corrected chi connectivity index (χ4v) is 2.23. The molecule has 1 rings (SSSR count). The highest BCUT2D eigenvalue weighted by Crippen LogP contribution is 2.45. The van der Waals surface area contributed by atoms with E-state index in [4.69, 9.17) is 10.8 Å². The molecule has 0 radical (unpaired) electrons. The number of aliphatic carboxylic acids is 1. The first-order valence-corrected chi connectivity index (χ1v) is 6.41. The number of amides is 1. The van der Waals surface area contributed by atoms with E-state index < -0.39 is 42.5 Å². The van der Waals surface area contributed by atoms with Crippen LogP contribution >= 0.6 is 0 Å². The van der Waals surface area contributed by atoms with Gasteiger partial charge in [-0.05, 0) is 12.3 Å². The van der Waals surface area contributed by atoms with E-state index in [9.17, 15) is 22.8 Å². The molecule has 1 aliphatic heterocycles. The topological polar surface area (TPSA) is 83.6 Å². The molecule has 1 heterocycles. The Balaban J connectivity index is 2.90. The molecule has 0 aromatic rings. The number of carbonyl (C=O) groups excluding carboxylic acids is 1. The highest BCUT2D eigenvalue weighted by atomic mass is 19.4. The second kappa shape index (κ2) is 5.59. The number of rotatable bonds is 4. The molecule has 1 amide bonds. The van der Waals surface area contributed by atoms with Crippen LogP contribution in [0.15, 0.2) is 0 Å². The zero-order valence-electron chi connectivity index (χ0n) is 11.4. The third-order valence-corrected chi connectivity index (χ3v) is 4.08. The first kappa shape index (κ1) is 16.7. The summed E-state index contributed by atoms with van der Waals surface area (Å²) in [4.78, 5) is 23.9. The molecule has 0 bridgehead atoms. The summed E-state index contributed by atoms with van der Waals surface area (Å²) < 4.78 is 38.9. The summed E-state index contributed by atoms with van der Waals surface area (Å²) in [6.07, 6.45) is -4.91. The van der Waals surface area contributed by atoms with Gasteiger partial charge in [0.25, 0.3) is 0 Å². The molecule has 1 fully saturated rings. The molecule has 0 spiro atoms. The second-order valence-corrected chi connectivity index (χ2v) is 5.31. The maximum absolute atomic E-state index is 13.0. The van der Waals surface area contributed by atoms with Crippen LogP contribution in [0.3, 0.4) is 0 Å². The van der Waals surface area contributed by atoms with Crippen molar-refractivity contribution in [1.82, 2.24) is 4.90 Å². The van der Waals surface area contributed by atoms with Gasteiger partial charge >= 0.3 is 12.1 Å². The molecule has 20 heavy (non-hydrogen) atoms. The summed E-state index contributed by atoms with van der Waals surface area (Å²) in [5.74, 6) is -2.74. The Bertz CT molecular complexity index is 400. The van der Waals surface area contributed by atoms with Crippen molar-refractivity contribution in [2.24, 2.45) is 17.1 Å². The number of likely N-dealkylation sites (tertiary alicyclic amines) is 1. The lowest BCUT2D eigenvalue weighted by Gasteiger charge is -2.28. The Morgan fingerprint density at radius 3 is 2.35 bits per heavy atom. The largest absolute Gasteiger partial charge is 0.481 e. The number of carbonyl (C=O) groups is 2. The minimum atomic E-state index is -4.89. The molecule has 1 aliphatic rings. The first-order valence-electron chi connectivity index (χ1n) is 6.41. The second-order valence-electron chi connectivity index (χ2n) is 5.31. The van der Waals surface area contributed by atoms with Gasteiger partial charge in [-0.15, -0.1) is 0 Å². The Morgan fingerprint density at radius 2 is 2.00 bits per heavy atom. The third kappa shape index (κ3) is 2.74. The quantitative estimate of drug-likeness (QED) is 0.817. The molecule has 8 heteroatoms. The van der Waals surface area contributed by atoms with Crippen LogP contribution in [0.1, 0.15) is 26.7 Å². The highest BCUT2D eigenvalue weighted by Gasteiger charge is 2.64. The maximum Gasteiger partial charge on any atom is 0.406 e. The lowest BCUT2D eigenvalue weighted by atomic mass is 9.86. The van der Waals surface area contributed by atoms with Crippen molar-refractivity contribution in [1.29, 1.82) is 0 Å². The van der Waals surface area contributed by atoms with E-state index in [0.717, 1.165) is 4.90 Å². The zero-order valence-corrected chi connectivity index (χ0v) is 11.4. The van der Waals surface area contributed by atoms with E-state index in [2.05, 4.69) is 0 Å². The number of hydrogen-bond acceptors (Lipinski definition) is 3. The van der Waals surface area contributed by atoms with Crippen molar-refractivity contribution < 1.29 is 27.9 Å². The smallest absolute Gasteiger partial charge is 0.406 e. The van der Waals surface area contributed by atoms with Gasteiger partial charge in [-0.3, -0.25) is 9.59 Å². The molecule has 0 aromatic carbocycles. The van der Waals surface area contributed by atoms with Crippen LogP contribution in [0.2, 0.25) is 0 Å². The van der Waals surface area contributed by atoms with Gasteiger partial charge in [0, 0.05) is 13.1 Å². The summed E-state index contributed by atoms with van der Waals surface area (Å²) >= 11 is 0. The predicted octanol–water partition coefficient (Wildman–Crippen LogP) is 1.23.